The normalized spacial score (nSPS) is 9.25. The summed E-state index contributed by atoms with van der Waals surface area (Å²) in [5, 5.41) is 3.89. The fourth-order valence-electron chi connectivity index (χ4n) is 0.940. The molecule has 0 spiro atoms. The molecule has 1 aromatic heterocycles. The van der Waals surface area contributed by atoms with Crippen LogP contribution in [0.4, 0.5) is 5.13 Å². The monoisotopic (exact) mass is 257 g/mol. The van der Waals surface area contributed by atoms with Crippen LogP contribution in [0.15, 0.2) is 0 Å². The van der Waals surface area contributed by atoms with E-state index in [2.05, 4.69) is 22.1 Å². The molecule has 0 saturated carbocycles. The number of thiazole rings is 1. The fraction of sp³-hybridized carbons (Fsp3) is 0.400. The van der Waals surface area contributed by atoms with Crippen molar-refractivity contribution in [3.8, 4) is 11.8 Å². The number of carbonyl (C=O) groups is 1. The van der Waals surface area contributed by atoms with Crippen molar-refractivity contribution in [1.29, 1.82) is 0 Å². The summed E-state index contributed by atoms with van der Waals surface area (Å²) < 4.78 is 0. The van der Waals surface area contributed by atoms with Gasteiger partial charge in [0.15, 0.2) is 5.13 Å². The van der Waals surface area contributed by atoms with Crippen LogP contribution in [-0.4, -0.2) is 25.0 Å². The summed E-state index contributed by atoms with van der Waals surface area (Å²) in [6.07, 6.45) is 0. The second-order valence-electron chi connectivity index (χ2n) is 3.16. The van der Waals surface area contributed by atoms with Gasteiger partial charge in [-0.2, -0.15) is 0 Å². The SMILES string of the molecule is CC#CC(=O)NCc1sc(N(C)C)nc1Cl. The van der Waals surface area contributed by atoms with E-state index in [1.807, 2.05) is 19.0 Å². The summed E-state index contributed by atoms with van der Waals surface area (Å²) in [4.78, 5) is 18.0. The molecule has 4 nitrogen and oxygen atoms in total. The molecule has 0 aliphatic rings. The van der Waals surface area contributed by atoms with Gasteiger partial charge in [0, 0.05) is 14.1 Å². The predicted molar refractivity (Wildman–Crippen MR) is 66.7 cm³/mol. The summed E-state index contributed by atoms with van der Waals surface area (Å²) in [5.74, 6) is 4.61. The number of halogens is 1. The van der Waals surface area contributed by atoms with Crippen molar-refractivity contribution < 1.29 is 4.79 Å². The Balaban J connectivity index is 2.66. The largest absolute Gasteiger partial charge is 0.354 e. The second kappa shape index (κ2) is 5.73. The maximum absolute atomic E-state index is 11.1. The fourth-order valence-corrected chi connectivity index (χ4v) is 2.07. The van der Waals surface area contributed by atoms with Gasteiger partial charge in [0.2, 0.25) is 0 Å². The molecule has 1 N–H and O–H groups in total. The zero-order valence-electron chi connectivity index (χ0n) is 9.30. The van der Waals surface area contributed by atoms with Crippen molar-refractivity contribution in [2.75, 3.05) is 19.0 Å². The highest BCUT2D eigenvalue weighted by molar-refractivity contribution is 7.16. The topological polar surface area (TPSA) is 45.2 Å². The van der Waals surface area contributed by atoms with Crippen molar-refractivity contribution >= 4 is 34.0 Å². The van der Waals surface area contributed by atoms with E-state index in [0.717, 1.165) is 10.0 Å². The number of hydrogen-bond donors (Lipinski definition) is 1. The van der Waals surface area contributed by atoms with E-state index in [0.29, 0.717) is 11.7 Å². The average molecular weight is 258 g/mol. The van der Waals surface area contributed by atoms with Crippen LogP contribution in [-0.2, 0) is 11.3 Å². The van der Waals surface area contributed by atoms with Crippen LogP contribution in [0.25, 0.3) is 0 Å². The van der Waals surface area contributed by atoms with Crippen molar-refractivity contribution in [2.45, 2.75) is 13.5 Å². The number of amides is 1. The molecule has 1 heterocycles. The lowest BCUT2D eigenvalue weighted by molar-refractivity contribution is -0.115. The van der Waals surface area contributed by atoms with Gasteiger partial charge in [0.25, 0.3) is 5.91 Å². The van der Waals surface area contributed by atoms with Crippen LogP contribution in [0.1, 0.15) is 11.8 Å². The lowest BCUT2D eigenvalue weighted by Crippen LogP contribution is -2.20. The zero-order valence-corrected chi connectivity index (χ0v) is 10.9. The minimum atomic E-state index is -0.307. The lowest BCUT2D eigenvalue weighted by atomic mass is 10.5. The number of nitrogens with one attached hydrogen (secondary N) is 1. The van der Waals surface area contributed by atoms with Crippen LogP contribution in [0.3, 0.4) is 0 Å². The molecule has 1 rings (SSSR count). The van der Waals surface area contributed by atoms with Gasteiger partial charge in [-0.3, -0.25) is 4.79 Å². The molecule has 0 fully saturated rings. The van der Waals surface area contributed by atoms with Crippen LogP contribution in [0, 0.1) is 11.8 Å². The molecule has 0 aliphatic carbocycles. The van der Waals surface area contributed by atoms with E-state index in [9.17, 15) is 4.79 Å². The molecular formula is C10H12ClN3OS. The average Bonchev–Trinajstić information content (AvgIpc) is 2.58. The summed E-state index contributed by atoms with van der Waals surface area (Å²) in [6, 6.07) is 0. The molecule has 0 aromatic carbocycles. The Morgan fingerprint density at radius 2 is 2.31 bits per heavy atom. The molecule has 0 atom stereocenters. The standard InChI is InChI=1S/C10H12ClN3OS/c1-4-5-8(15)12-6-7-9(11)13-10(16-7)14(2)3/h6H2,1-3H3,(H,12,15). The Morgan fingerprint density at radius 1 is 1.62 bits per heavy atom. The first kappa shape index (κ1) is 12.8. The number of aromatic nitrogens is 1. The maximum Gasteiger partial charge on any atom is 0.296 e. The Morgan fingerprint density at radius 3 is 2.81 bits per heavy atom. The van der Waals surface area contributed by atoms with Crippen molar-refractivity contribution in [3.63, 3.8) is 0 Å². The smallest absolute Gasteiger partial charge is 0.296 e. The van der Waals surface area contributed by atoms with Crippen LogP contribution in [0.5, 0.6) is 0 Å². The van der Waals surface area contributed by atoms with Crippen LogP contribution in [0.2, 0.25) is 5.15 Å². The summed E-state index contributed by atoms with van der Waals surface area (Å²) in [5.41, 5.74) is 0. The molecule has 6 heteroatoms. The Bertz CT molecular complexity index is 445. The molecule has 16 heavy (non-hydrogen) atoms. The third-order valence-electron chi connectivity index (χ3n) is 1.67. The van der Waals surface area contributed by atoms with Crippen molar-refractivity contribution in [2.24, 2.45) is 0 Å². The quantitative estimate of drug-likeness (QED) is 0.835. The number of rotatable bonds is 3. The van der Waals surface area contributed by atoms with Crippen molar-refractivity contribution in [1.82, 2.24) is 10.3 Å². The number of hydrogen-bond acceptors (Lipinski definition) is 4. The van der Waals surface area contributed by atoms with Gasteiger partial charge >= 0.3 is 0 Å². The summed E-state index contributed by atoms with van der Waals surface area (Å²) >= 11 is 7.38. The summed E-state index contributed by atoms with van der Waals surface area (Å²) in [7, 11) is 3.78. The first-order valence-corrected chi connectivity index (χ1v) is 5.77. The van der Waals surface area contributed by atoms with E-state index in [1.54, 1.807) is 6.92 Å². The molecule has 1 amide bonds. The molecule has 0 aliphatic heterocycles. The van der Waals surface area contributed by atoms with Crippen LogP contribution < -0.4 is 10.2 Å². The predicted octanol–water partition coefficient (Wildman–Crippen LogP) is 1.50. The minimum absolute atomic E-state index is 0.307. The van der Waals surface area contributed by atoms with Gasteiger partial charge < -0.3 is 10.2 Å². The Labute approximate surface area is 104 Å². The molecule has 86 valence electrons. The molecule has 0 bridgehead atoms. The van der Waals surface area contributed by atoms with E-state index in [4.69, 9.17) is 11.6 Å². The third kappa shape index (κ3) is 3.40. The molecule has 0 radical (unpaired) electrons. The number of carbonyl (C=O) groups excluding carboxylic acids is 1. The Hall–Kier alpha value is -1.25. The zero-order chi connectivity index (χ0) is 12.1. The van der Waals surface area contributed by atoms with Gasteiger partial charge in [-0.25, -0.2) is 4.98 Å². The Kier molecular flexibility index (Phi) is 4.59. The van der Waals surface area contributed by atoms with Crippen LogP contribution >= 0.6 is 22.9 Å². The molecular weight excluding hydrogens is 246 g/mol. The van der Waals surface area contributed by atoms with Gasteiger partial charge in [0.1, 0.15) is 5.15 Å². The van der Waals surface area contributed by atoms with Gasteiger partial charge in [0.05, 0.1) is 11.4 Å². The molecule has 1 aromatic rings. The number of nitrogens with zero attached hydrogens (tertiary/aromatic N) is 2. The highest BCUT2D eigenvalue weighted by Crippen LogP contribution is 2.28. The van der Waals surface area contributed by atoms with E-state index < -0.39 is 0 Å². The first-order chi connectivity index (χ1) is 7.54. The van der Waals surface area contributed by atoms with E-state index in [-0.39, 0.29) is 5.91 Å². The second-order valence-corrected chi connectivity index (χ2v) is 4.58. The minimum Gasteiger partial charge on any atom is -0.354 e. The van der Waals surface area contributed by atoms with E-state index >= 15 is 0 Å². The van der Waals surface area contributed by atoms with Gasteiger partial charge in [-0.15, -0.1) is 0 Å². The van der Waals surface area contributed by atoms with Gasteiger partial charge in [-0.1, -0.05) is 28.9 Å². The highest BCUT2D eigenvalue weighted by atomic mass is 35.5. The number of anilines is 1. The molecule has 0 unspecified atom stereocenters. The van der Waals surface area contributed by atoms with Gasteiger partial charge in [-0.05, 0) is 12.8 Å². The van der Waals surface area contributed by atoms with E-state index in [1.165, 1.54) is 11.3 Å². The first-order valence-electron chi connectivity index (χ1n) is 4.57. The molecule has 0 saturated heterocycles. The third-order valence-corrected chi connectivity index (χ3v) is 3.32. The lowest BCUT2D eigenvalue weighted by Gasteiger charge is -2.05. The maximum atomic E-state index is 11.1. The summed E-state index contributed by atoms with van der Waals surface area (Å²) in [6.45, 7) is 1.97. The highest BCUT2D eigenvalue weighted by Gasteiger charge is 2.10. The van der Waals surface area contributed by atoms with Crippen molar-refractivity contribution in [3.05, 3.63) is 10.0 Å².